The minimum Gasteiger partial charge on any atom is -0.480 e. The predicted octanol–water partition coefficient (Wildman–Crippen LogP) is 0.976. The first-order valence-electron chi connectivity index (χ1n) is 5.91. The molecule has 0 saturated heterocycles. The highest BCUT2D eigenvalue weighted by molar-refractivity contribution is 5.73. The van der Waals surface area contributed by atoms with Gasteiger partial charge in [-0.2, -0.15) is 0 Å². The maximum Gasteiger partial charge on any atom is 0.320 e. The van der Waals surface area contributed by atoms with Gasteiger partial charge in [0.1, 0.15) is 6.04 Å². The number of hydrogen-bond donors (Lipinski definition) is 2. The summed E-state index contributed by atoms with van der Waals surface area (Å²) in [5, 5.41) is 8.78. The molecule has 0 spiro atoms. The van der Waals surface area contributed by atoms with Gasteiger partial charge < -0.3 is 10.8 Å². The second kappa shape index (κ2) is 4.85. The molecular weight excluding hydrogens is 216 g/mol. The average molecular weight is 234 g/mol. The van der Waals surface area contributed by atoms with E-state index < -0.39 is 12.0 Å². The monoisotopic (exact) mass is 234 g/mol. The van der Waals surface area contributed by atoms with Crippen molar-refractivity contribution in [1.29, 1.82) is 0 Å². The largest absolute Gasteiger partial charge is 0.480 e. The summed E-state index contributed by atoms with van der Waals surface area (Å²) in [4.78, 5) is 13.1. The lowest BCUT2D eigenvalue weighted by molar-refractivity contribution is -0.138. The minimum atomic E-state index is -0.944. The van der Waals surface area contributed by atoms with E-state index in [2.05, 4.69) is 24.0 Å². The van der Waals surface area contributed by atoms with Gasteiger partial charge in [0, 0.05) is 13.1 Å². The molecule has 0 amide bonds. The Kier molecular flexibility index (Phi) is 3.45. The molecule has 0 saturated carbocycles. The summed E-state index contributed by atoms with van der Waals surface area (Å²) in [7, 11) is 0. The van der Waals surface area contributed by atoms with Crippen LogP contribution in [0.25, 0.3) is 0 Å². The van der Waals surface area contributed by atoms with E-state index in [1.54, 1.807) is 0 Å². The third-order valence-electron chi connectivity index (χ3n) is 3.28. The molecule has 0 aromatic heterocycles. The summed E-state index contributed by atoms with van der Waals surface area (Å²) in [5.74, 6) is -0.944. The van der Waals surface area contributed by atoms with Crippen LogP contribution in [0.15, 0.2) is 18.2 Å². The highest BCUT2D eigenvalue weighted by atomic mass is 16.4. The molecule has 92 valence electrons. The van der Waals surface area contributed by atoms with Crippen molar-refractivity contribution in [3.8, 4) is 0 Å². The number of benzene rings is 1. The summed E-state index contributed by atoms with van der Waals surface area (Å²) in [6.07, 6.45) is 0.398. The van der Waals surface area contributed by atoms with E-state index in [-0.39, 0.29) is 0 Å². The molecule has 1 atom stereocenters. The number of aliphatic carboxylic acids is 1. The van der Waals surface area contributed by atoms with Crippen molar-refractivity contribution in [2.45, 2.75) is 32.5 Å². The Morgan fingerprint density at radius 2 is 2.18 bits per heavy atom. The maximum absolute atomic E-state index is 10.7. The lowest BCUT2D eigenvalue weighted by Gasteiger charge is -2.09. The molecule has 0 radical (unpaired) electrons. The summed E-state index contributed by atoms with van der Waals surface area (Å²) < 4.78 is 0. The van der Waals surface area contributed by atoms with Gasteiger partial charge in [0.2, 0.25) is 0 Å². The van der Waals surface area contributed by atoms with Crippen LogP contribution in [-0.4, -0.2) is 28.6 Å². The van der Waals surface area contributed by atoms with Gasteiger partial charge in [-0.05, 0) is 29.7 Å². The molecule has 1 aliphatic heterocycles. The van der Waals surface area contributed by atoms with Crippen LogP contribution < -0.4 is 5.73 Å². The first-order valence-corrected chi connectivity index (χ1v) is 5.91. The zero-order valence-corrected chi connectivity index (χ0v) is 10.0. The zero-order valence-electron chi connectivity index (χ0n) is 10.0. The summed E-state index contributed by atoms with van der Waals surface area (Å²) in [6.45, 7) is 5.14. The zero-order chi connectivity index (χ0) is 12.4. The van der Waals surface area contributed by atoms with Gasteiger partial charge in [-0.15, -0.1) is 0 Å². The SMILES string of the molecule is CCN1Cc2ccc(CC(N)C(=O)O)cc2C1. The second-order valence-corrected chi connectivity index (χ2v) is 4.56. The van der Waals surface area contributed by atoms with E-state index in [0.29, 0.717) is 6.42 Å². The van der Waals surface area contributed by atoms with Gasteiger partial charge in [-0.1, -0.05) is 25.1 Å². The first kappa shape index (κ1) is 12.1. The number of rotatable bonds is 4. The second-order valence-electron chi connectivity index (χ2n) is 4.56. The molecule has 3 N–H and O–H groups in total. The number of fused-ring (bicyclic) bond motifs is 1. The summed E-state index contributed by atoms with van der Waals surface area (Å²) in [5.41, 5.74) is 9.20. The summed E-state index contributed by atoms with van der Waals surface area (Å²) >= 11 is 0. The number of nitrogens with zero attached hydrogens (tertiary/aromatic N) is 1. The van der Waals surface area contributed by atoms with Gasteiger partial charge in [-0.25, -0.2) is 0 Å². The van der Waals surface area contributed by atoms with E-state index in [1.807, 2.05) is 6.07 Å². The van der Waals surface area contributed by atoms with Crippen LogP contribution in [0.3, 0.4) is 0 Å². The van der Waals surface area contributed by atoms with Crippen molar-refractivity contribution >= 4 is 5.97 Å². The molecule has 0 bridgehead atoms. The van der Waals surface area contributed by atoms with Crippen LogP contribution in [0.4, 0.5) is 0 Å². The molecule has 4 nitrogen and oxygen atoms in total. The Hall–Kier alpha value is -1.39. The highest BCUT2D eigenvalue weighted by Gasteiger charge is 2.18. The lowest BCUT2D eigenvalue weighted by Crippen LogP contribution is -2.32. The van der Waals surface area contributed by atoms with E-state index in [9.17, 15) is 4.79 Å². The molecule has 1 aliphatic rings. The summed E-state index contributed by atoms with van der Waals surface area (Å²) in [6, 6.07) is 5.36. The fourth-order valence-electron chi connectivity index (χ4n) is 2.21. The maximum atomic E-state index is 10.7. The van der Waals surface area contributed by atoms with Crippen molar-refractivity contribution in [2.24, 2.45) is 5.73 Å². The standard InChI is InChI=1S/C13H18N2O2/c1-2-15-7-10-4-3-9(5-11(10)8-15)6-12(14)13(16)17/h3-5,12H,2,6-8,14H2,1H3,(H,16,17). The quantitative estimate of drug-likeness (QED) is 0.815. The Morgan fingerprint density at radius 3 is 2.82 bits per heavy atom. The molecule has 2 rings (SSSR count). The van der Waals surface area contributed by atoms with Crippen molar-refractivity contribution in [3.05, 3.63) is 34.9 Å². The predicted molar refractivity (Wildman–Crippen MR) is 65.5 cm³/mol. The Bertz CT molecular complexity index is 431. The third-order valence-corrected chi connectivity index (χ3v) is 3.28. The Labute approximate surface area is 101 Å². The molecule has 17 heavy (non-hydrogen) atoms. The molecule has 0 fully saturated rings. The van der Waals surface area contributed by atoms with Crippen LogP contribution in [0.5, 0.6) is 0 Å². The van der Waals surface area contributed by atoms with Crippen molar-refractivity contribution in [3.63, 3.8) is 0 Å². The lowest BCUT2D eigenvalue weighted by atomic mass is 10.0. The topological polar surface area (TPSA) is 66.6 Å². The molecule has 4 heteroatoms. The van der Waals surface area contributed by atoms with E-state index in [4.69, 9.17) is 10.8 Å². The molecule has 1 heterocycles. The van der Waals surface area contributed by atoms with Crippen molar-refractivity contribution in [1.82, 2.24) is 4.90 Å². The number of carbonyl (C=O) groups is 1. The normalized spacial score (nSPS) is 16.8. The average Bonchev–Trinajstić information content (AvgIpc) is 2.70. The van der Waals surface area contributed by atoms with Crippen LogP contribution in [0, 0.1) is 0 Å². The van der Waals surface area contributed by atoms with Crippen LogP contribution in [-0.2, 0) is 24.3 Å². The van der Waals surface area contributed by atoms with Crippen LogP contribution >= 0.6 is 0 Å². The van der Waals surface area contributed by atoms with Crippen molar-refractivity contribution < 1.29 is 9.90 Å². The molecular formula is C13H18N2O2. The number of hydrogen-bond acceptors (Lipinski definition) is 3. The molecule has 1 aromatic carbocycles. The first-order chi connectivity index (χ1) is 8.10. The van der Waals surface area contributed by atoms with Crippen LogP contribution in [0.2, 0.25) is 0 Å². The van der Waals surface area contributed by atoms with E-state index >= 15 is 0 Å². The van der Waals surface area contributed by atoms with E-state index in [1.165, 1.54) is 11.1 Å². The van der Waals surface area contributed by atoms with Crippen LogP contribution in [0.1, 0.15) is 23.6 Å². The Morgan fingerprint density at radius 1 is 1.47 bits per heavy atom. The Balaban J connectivity index is 2.11. The molecule has 0 aliphatic carbocycles. The van der Waals surface area contributed by atoms with E-state index in [0.717, 1.165) is 25.2 Å². The minimum absolute atomic E-state index is 0.398. The molecule has 1 unspecified atom stereocenters. The highest BCUT2D eigenvalue weighted by Crippen LogP contribution is 2.23. The fraction of sp³-hybridized carbons (Fsp3) is 0.462. The van der Waals surface area contributed by atoms with Crippen molar-refractivity contribution in [2.75, 3.05) is 6.54 Å². The smallest absolute Gasteiger partial charge is 0.320 e. The third kappa shape index (κ3) is 2.65. The van der Waals surface area contributed by atoms with Gasteiger partial charge in [-0.3, -0.25) is 9.69 Å². The van der Waals surface area contributed by atoms with Gasteiger partial charge in [0.05, 0.1) is 0 Å². The van der Waals surface area contributed by atoms with Gasteiger partial charge >= 0.3 is 5.97 Å². The molecule has 1 aromatic rings. The van der Waals surface area contributed by atoms with Gasteiger partial charge in [0.25, 0.3) is 0 Å². The fourth-order valence-corrected chi connectivity index (χ4v) is 2.21. The number of carboxylic acid groups (broad SMARTS) is 1. The number of carboxylic acids is 1. The number of nitrogens with two attached hydrogens (primary N) is 1. The van der Waals surface area contributed by atoms with Gasteiger partial charge in [0.15, 0.2) is 0 Å².